The maximum Gasteiger partial charge on any atom is 0.220 e. The van der Waals surface area contributed by atoms with E-state index in [9.17, 15) is 4.79 Å². The molecule has 4 aliphatic rings. The van der Waals surface area contributed by atoms with Crippen molar-refractivity contribution < 1.29 is 9.21 Å². The fourth-order valence-corrected chi connectivity index (χ4v) is 6.58. The van der Waals surface area contributed by atoms with Crippen molar-refractivity contribution in [3.05, 3.63) is 40.3 Å². The average molecular weight is 419 g/mol. The highest BCUT2D eigenvalue weighted by molar-refractivity contribution is 6.36. The van der Waals surface area contributed by atoms with E-state index in [1.165, 1.54) is 38.5 Å². The number of oxazole rings is 1. The predicted octanol–water partition coefficient (Wildman–Crippen LogP) is 5.67. The summed E-state index contributed by atoms with van der Waals surface area (Å²) in [7, 11) is 0. The highest BCUT2D eigenvalue weighted by Crippen LogP contribution is 2.55. The Bertz CT molecular complexity index is 872. The second-order valence-electron chi connectivity index (χ2n) is 8.99. The number of aryl methyl sites for hydroxylation is 1. The van der Waals surface area contributed by atoms with Crippen LogP contribution in [0.3, 0.4) is 0 Å². The summed E-state index contributed by atoms with van der Waals surface area (Å²) < 4.78 is 5.82. The minimum Gasteiger partial charge on any atom is -0.441 e. The molecule has 4 fully saturated rings. The molecule has 6 rings (SSSR count). The molecule has 1 N–H and O–H groups in total. The molecule has 0 aliphatic heterocycles. The number of amides is 1. The molecular formula is C22H24Cl2N2O2. The molecule has 4 bridgehead atoms. The lowest BCUT2D eigenvalue weighted by Crippen LogP contribution is -2.59. The lowest BCUT2D eigenvalue weighted by Gasteiger charge is -2.56. The van der Waals surface area contributed by atoms with Crippen molar-refractivity contribution in [3.8, 4) is 11.3 Å². The van der Waals surface area contributed by atoms with Gasteiger partial charge >= 0.3 is 0 Å². The number of benzene rings is 1. The van der Waals surface area contributed by atoms with Gasteiger partial charge in [-0.05, 0) is 74.5 Å². The van der Waals surface area contributed by atoms with Gasteiger partial charge in [0.05, 0.1) is 11.2 Å². The quantitative estimate of drug-likeness (QED) is 0.680. The fourth-order valence-electron chi connectivity index (χ4n) is 6.08. The molecule has 0 radical (unpaired) electrons. The van der Waals surface area contributed by atoms with Crippen LogP contribution in [0, 0.1) is 17.8 Å². The Labute approximate surface area is 175 Å². The minimum absolute atomic E-state index is 0.0599. The van der Waals surface area contributed by atoms with Gasteiger partial charge in [-0.15, -0.1) is 0 Å². The molecule has 1 aromatic carbocycles. The maximum absolute atomic E-state index is 12.7. The van der Waals surface area contributed by atoms with Crippen LogP contribution in [0.25, 0.3) is 11.3 Å². The smallest absolute Gasteiger partial charge is 0.220 e. The lowest BCUT2D eigenvalue weighted by atomic mass is 9.53. The molecule has 6 heteroatoms. The Morgan fingerprint density at radius 1 is 1.14 bits per heavy atom. The standard InChI is InChI=1S/C22H24Cl2N2O2/c23-16-1-2-17(18(24)8-16)19-12-25-21(28-19)4-3-20(27)26-22-9-13-5-14(10-22)7-15(6-13)11-22/h1-2,8,12-15H,3-7,9-11H2,(H,26,27). The van der Waals surface area contributed by atoms with E-state index in [-0.39, 0.29) is 11.4 Å². The van der Waals surface area contributed by atoms with Crippen molar-refractivity contribution in [2.75, 3.05) is 0 Å². The second kappa shape index (κ2) is 7.07. The number of halogens is 2. The van der Waals surface area contributed by atoms with Gasteiger partial charge in [-0.3, -0.25) is 4.79 Å². The molecule has 0 saturated heterocycles. The molecule has 1 heterocycles. The van der Waals surface area contributed by atoms with Crippen LogP contribution in [0.2, 0.25) is 10.0 Å². The van der Waals surface area contributed by atoms with Crippen LogP contribution in [0.15, 0.2) is 28.8 Å². The Morgan fingerprint density at radius 3 is 2.46 bits per heavy atom. The summed E-state index contributed by atoms with van der Waals surface area (Å²) in [6.07, 6.45) is 10.2. The van der Waals surface area contributed by atoms with E-state index in [0.717, 1.165) is 23.3 Å². The Kier molecular flexibility index (Phi) is 4.67. The van der Waals surface area contributed by atoms with Gasteiger partial charge in [-0.25, -0.2) is 4.98 Å². The first-order valence-corrected chi connectivity index (χ1v) is 10.9. The number of aromatic nitrogens is 1. The molecule has 0 spiro atoms. The summed E-state index contributed by atoms with van der Waals surface area (Å²) in [5.41, 5.74) is 0.813. The maximum atomic E-state index is 12.7. The van der Waals surface area contributed by atoms with Crippen LogP contribution in [0.1, 0.15) is 50.8 Å². The van der Waals surface area contributed by atoms with Gasteiger partial charge in [0.1, 0.15) is 0 Å². The predicted molar refractivity (Wildman–Crippen MR) is 109 cm³/mol. The third-order valence-electron chi connectivity index (χ3n) is 6.76. The number of rotatable bonds is 5. The SMILES string of the molecule is O=C(CCc1ncc(-c2ccc(Cl)cc2Cl)o1)NC12CC3CC(CC(C3)C1)C2. The molecule has 0 unspecified atom stereocenters. The average Bonchev–Trinajstić information content (AvgIpc) is 3.07. The molecular weight excluding hydrogens is 395 g/mol. The van der Waals surface area contributed by atoms with Gasteiger partial charge in [0.2, 0.25) is 5.91 Å². The number of hydrogen-bond acceptors (Lipinski definition) is 3. The van der Waals surface area contributed by atoms with E-state index in [0.29, 0.717) is 34.5 Å². The van der Waals surface area contributed by atoms with Gasteiger partial charge in [-0.2, -0.15) is 0 Å². The number of nitrogens with one attached hydrogen (secondary N) is 1. The molecule has 4 nitrogen and oxygen atoms in total. The highest BCUT2D eigenvalue weighted by atomic mass is 35.5. The molecule has 1 aromatic heterocycles. The first kappa shape index (κ1) is 18.5. The third kappa shape index (κ3) is 3.57. The Balaban J connectivity index is 1.20. The van der Waals surface area contributed by atoms with E-state index in [1.807, 2.05) is 6.07 Å². The molecule has 148 valence electrons. The number of carbonyl (C=O) groups is 1. The molecule has 4 saturated carbocycles. The number of carbonyl (C=O) groups excluding carboxylic acids is 1. The van der Waals surface area contributed by atoms with Gasteiger partial charge in [0, 0.05) is 29.0 Å². The van der Waals surface area contributed by atoms with Crippen LogP contribution in [0.4, 0.5) is 0 Å². The molecule has 28 heavy (non-hydrogen) atoms. The summed E-state index contributed by atoms with van der Waals surface area (Å²) in [5.74, 6) is 3.74. The number of hydrogen-bond donors (Lipinski definition) is 1. The zero-order chi connectivity index (χ0) is 19.3. The van der Waals surface area contributed by atoms with Crippen molar-refractivity contribution >= 4 is 29.1 Å². The third-order valence-corrected chi connectivity index (χ3v) is 7.31. The van der Waals surface area contributed by atoms with Crippen LogP contribution in [-0.4, -0.2) is 16.4 Å². The summed E-state index contributed by atoms with van der Waals surface area (Å²) in [6, 6.07) is 5.26. The Morgan fingerprint density at radius 2 is 1.82 bits per heavy atom. The van der Waals surface area contributed by atoms with Crippen molar-refractivity contribution in [2.45, 2.75) is 56.9 Å². The van der Waals surface area contributed by atoms with E-state index < -0.39 is 0 Å². The highest BCUT2D eigenvalue weighted by Gasteiger charge is 2.51. The van der Waals surface area contributed by atoms with Gasteiger partial charge in [0.15, 0.2) is 11.7 Å². The molecule has 4 aliphatic carbocycles. The number of nitrogens with zero attached hydrogens (tertiary/aromatic N) is 1. The van der Waals surface area contributed by atoms with Crippen molar-refractivity contribution in [3.63, 3.8) is 0 Å². The van der Waals surface area contributed by atoms with E-state index >= 15 is 0 Å². The second-order valence-corrected chi connectivity index (χ2v) is 9.83. The van der Waals surface area contributed by atoms with Crippen LogP contribution in [0.5, 0.6) is 0 Å². The molecule has 0 atom stereocenters. The summed E-state index contributed by atoms with van der Waals surface area (Å²) in [6.45, 7) is 0. The molecule has 1 amide bonds. The largest absolute Gasteiger partial charge is 0.441 e. The summed E-state index contributed by atoms with van der Waals surface area (Å²) in [5, 5.41) is 4.51. The topological polar surface area (TPSA) is 55.1 Å². The van der Waals surface area contributed by atoms with Gasteiger partial charge in [-0.1, -0.05) is 23.2 Å². The Hall–Kier alpha value is -1.52. The van der Waals surface area contributed by atoms with Crippen molar-refractivity contribution in [1.29, 1.82) is 0 Å². The first-order chi connectivity index (χ1) is 13.5. The van der Waals surface area contributed by atoms with Crippen LogP contribution < -0.4 is 5.32 Å². The van der Waals surface area contributed by atoms with Gasteiger partial charge < -0.3 is 9.73 Å². The van der Waals surface area contributed by atoms with E-state index in [1.54, 1.807) is 18.3 Å². The van der Waals surface area contributed by atoms with Crippen molar-refractivity contribution in [2.24, 2.45) is 17.8 Å². The van der Waals surface area contributed by atoms with E-state index in [2.05, 4.69) is 10.3 Å². The summed E-state index contributed by atoms with van der Waals surface area (Å²) >= 11 is 12.2. The molecule has 2 aromatic rings. The van der Waals surface area contributed by atoms with Crippen LogP contribution >= 0.6 is 23.2 Å². The van der Waals surface area contributed by atoms with Gasteiger partial charge in [0.25, 0.3) is 0 Å². The normalized spacial score (nSPS) is 30.6. The van der Waals surface area contributed by atoms with Crippen LogP contribution in [-0.2, 0) is 11.2 Å². The fraction of sp³-hybridized carbons (Fsp3) is 0.545. The summed E-state index contributed by atoms with van der Waals surface area (Å²) in [4.78, 5) is 17.0. The zero-order valence-electron chi connectivity index (χ0n) is 15.7. The minimum atomic E-state index is 0.0599. The monoisotopic (exact) mass is 418 g/mol. The first-order valence-electron chi connectivity index (χ1n) is 10.2. The zero-order valence-corrected chi connectivity index (χ0v) is 17.2. The van der Waals surface area contributed by atoms with E-state index in [4.69, 9.17) is 27.6 Å². The van der Waals surface area contributed by atoms with Crippen molar-refractivity contribution in [1.82, 2.24) is 10.3 Å². The lowest BCUT2D eigenvalue weighted by molar-refractivity contribution is -0.126.